The Bertz CT molecular complexity index is 393. The first kappa shape index (κ1) is 11.4. The topological polar surface area (TPSA) is 77.3 Å². The molecule has 0 fully saturated rings. The van der Waals surface area contributed by atoms with Crippen LogP contribution in [-0.2, 0) is 12.8 Å². The number of aromatic nitrogens is 1. The summed E-state index contributed by atoms with van der Waals surface area (Å²) in [5, 5.41) is 0.710. The van der Waals surface area contributed by atoms with Crippen LogP contribution in [0.5, 0.6) is 0 Å². The van der Waals surface area contributed by atoms with E-state index in [9.17, 15) is 0 Å². The fourth-order valence-electron chi connectivity index (χ4n) is 2.24. The van der Waals surface area contributed by atoms with E-state index in [0.29, 0.717) is 5.13 Å². The zero-order chi connectivity index (χ0) is 11.5. The Morgan fingerprint density at radius 3 is 3.06 bits per heavy atom. The smallest absolute Gasteiger partial charge is 0.212 e. The summed E-state index contributed by atoms with van der Waals surface area (Å²) in [7, 11) is 0. The van der Waals surface area contributed by atoms with Gasteiger partial charge in [-0.15, -0.1) is 0 Å². The first-order chi connectivity index (χ1) is 7.69. The Kier molecular flexibility index (Phi) is 3.43. The van der Waals surface area contributed by atoms with Gasteiger partial charge in [0, 0.05) is 4.88 Å². The summed E-state index contributed by atoms with van der Waals surface area (Å²) < 4.78 is 0. The van der Waals surface area contributed by atoms with Crippen LogP contribution in [0.2, 0.25) is 0 Å². The van der Waals surface area contributed by atoms with E-state index in [4.69, 9.17) is 11.5 Å². The average Bonchev–Trinajstić information content (AvgIpc) is 2.58. The maximum atomic E-state index is 5.35. The Morgan fingerprint density at radius 2 is 2.38 bits per heavy atom. The van der Waals surface area contributed by atoms with Gasteiger partial charge >= 0.3 is 0 Å². The molecule has 88 valence electrons. The van der Waals surface area contributed by atoms with E-state index in [1.807, 2.05) is 0 Å². The van der Waals surface area contributed by atoms with Crippen LogP contribution in [0.25, 0.3) is 0 Å². The number of thiazole rings is 1. The first-order valence-electron chi connectivity index (χ1n) is 5.77. The maximum absolute atomic E-state index is 5.35. The van der Waals surface area contributed by atoms with Crippen molar-refractivity contribution in [2.75, 3.05) is 0 Å². The number of rotatable bonds is 3. The minimum atomic E-state index is 0.0937. The molecule has 1 heterocycles. The molecule has 5 heteroatoms. The molecule has 1 aromatic rings. The van der Waals surface area contributed by atoms with Crippen LogP contribution in [0.1, 0.15) is 36.8 Å². The van der Waals surface area contributed by atoms with E-state index in [1.54, 1.807) is 11.3 Å². The van der Waals surface area contributed by atoms with E-state index >= 15 is 0 Å². The summed E-state index contributed by atoms with van der Waals surface area (Å²) in [4.78, 5) is 9.85. The standard InChI is InChI=1S/C11H18N4S/c1-2-3-7-4-5-8-9(6-7)16-11(14-8)15-10(12)13/h7H,2-6H2,1H3,(H4,12,13,14,15)/t7-/m0/s1. The lowest BCUT2D eigenvalue weighted by molar-refractivity contribution is 0.424. The van der Waals surface area contributed by atoms with Crippen molar-refractivity contribution in [1.29, 1.82) is 0 Å². The fraction of sp³-hybridized carbons (Fsp3) is 0.636. The highest BCUT2D eigenvalue weighted by atomic mass is 32.1. The SMILES string of the molecule is CCC[C@H]1CCc2nc(N=C(N)N)sc2C1. The number of nitrogens with two attached hydrogens (primary N) is 2. The van der Waals surface area contributed by atoms with Gasteiger partial charge in [-0.1, -0.05) is 31.1 Å². The maximum Gasteiger partial charge on any atom is 0.212 e. The molecule has 0 spiro atoms. The highest BCUT2D eigenvalue weighted by Crippen LogP contribution is 2.34. The van der Waals surface area contributed by atoms with Gasteiger partial charge in [0.05, 0.1) is 5.69 Å². The van der Waals surface area contributed by atoms with Crippen molar-refractivity contribution in [3.63, 3.8) is 0 Å². The molecule has 0 amide bonds. The van der Waals surface area contributed by atoms with Crippen molar-refractivity contribution in [3.8, 4) is 0 Å². The van der Waals surface area contributed by atoms with Crippen LogP contribution in [0, 0.1) is 5.92 Å². The lowest BCUT2D eigenvalue weighted by Gasteiger charge is -2.19. The summed E-state index contributed by atoms with van der Waals surface area (Å²) in [6.07, 6.45) is 6.07. The summed E-state index contributed by atoms with van der Waals surface area (Å²) in [5.41, 5.74) is 11.9. The molecule has 4 N–H and O–H groups in total. The summed E-state index contributed by atoms with van der Waals surface area (Å²) in [5.74, 6) is 0.918. The molecule has 0 aliphatic heterocycles. The molecule has 1 aromatic heterocycles. The van der Waals surface area contributed by atoms with Gasteiger partial charge in [-0.3, -0.25) is 0 Å². The third-order valence-electron chi connectivity index (χ3n) is 2.95. The monoisotopic (exact) mass is 238 g/mol. The number of aryl methyl sites for hydroxylation is 1. The van der Waals surface area contributed by atoms with Crippen LogP contribution in [-0.4, -0.2) is 10.9 Å². The molecule has 2 rings (SSSR count). The Labute approximate surface area is 99.8 Å². The van der Waals surface area contributed by atoms with E-state index in [0.717, 1.165) is 18.8 Å². The van der Waals surface area contributed by atoms with Gasteiger partial charge in [-0.2, -0.15) is 4.99 Å². The van der Waals surface area contributed by atoms with Gasteiger partial charge in [-0.05, 0) is 25.2 Å². The van der Waals surface area contributed by atoms with Crippen LogP contribution in [0.3, 0.4) is 0 Å². The van der Waals surface area contributed by atoms with Gasteiger partial charge in [0.25, 0.3) is 0 Å². The first-order valence-corrected chi connectivity index (χ1v) is 6.59. The number of aliphatic imine (C=N–C) groups is 1. The molecular formula is C11H18N4S. The molecule has 0 saturated carbocycles. The van der Waals surface area contributed by atoms with Crippen molar-refractivity contribution >= 4 is 22.4 Å². The van der Waals surface area contributed by atoms with Crippen molar-refractivity contribution in [2.24, 2.45) is 22.4 Å². The fourth-order valence-corrected chi connectivity index (χ4v) is 3.35. The molecule has 1 aliphatic rings. The minimum Gasteiger partial charge on any atom is -0.370 e. The number of hydrogen-bond acceptors (Lipinski definition) is 3. The Morgan fingerprint density at radius 1 is 1.56 bits per heavy atom. The molecule has 0 unspecified atom stereocenters. The number of nitrogens with zero attached hydrogens (tertiary/aromatic N) is 2. The van der Waals surface area contributed by atoms with Crippen LogP contribution in [0.15, 0.2) is 4.99 Å². The van der Waals surface area contributed by atoms with E-state index in [2.05, 4.69) is 16.9 Å². The molecule has 0 saturated heterocycles. The van der Waals surface area contributed by atoms with Gasteiger partial charge < -0.3 is 11.5 Å². The Balaban J connectivity index is 2.13. The lowest BCUT2D eigenvalue weighted by atomic mass is 9.88. The van der Waals surface area contributed by atoms with Crippen molar-refractivity contribution in [1.82, 2.24) is 4.98 Å². The summed E-state index contributed by atoms with van der Waals surface area (Å²) in [6.45, 7) is 2.24. The summed E-state index contributed by atoms with van der Waals surface area (Å²) in [6, 6.07) is 0. The molecule has 0 aromatic carbocycles. The molecule has 1 atom stereocenters. The molecule has 16 heavy (non-hydrogen) atoms. The van der Waals surface area contributed by atoms with Gasteiger partial charge in [0.2, 0.25) is 5.13 Å². The van der Waals surface area contributed by atoms with E-state index in [-0.39, 0.29) is 5.96 Å². The number of hydrogen-bond donors (Lipinski definition) is 2. The Hall–Kier alpha value is -1.10. The van der Waals surface area contributed by atoms with Crippen LogP contribution >= 0.6 is 11.3 Å². The van der Waals surface area contributed by atoms with Gasteiger partial charge in [-0.25, -0.2) is 4.98 Å². The third-order valence-corrected chi connectivity index (χ3v) is 3.97. The van der Waals surface area contributed by atoms with Gasteiger partial charge in [0.1, 0.15) is 0 Å². The molecular weight excluding hydrogens is 220 g/mol. The van der Waals surface area contributed by atoms with Crippen LogP contribution < -0.4 is 11.5 Å². The molecule has 0 radical (unpaired) electrons. The minimum absolute atomic E-state index is 0.0937. The molecule has 1 aliphatic carbocycles. The van der Waals surface area contributed by atoms with Gasteiger partial charge in [0.15, 0.2) is 5.96 Å². The van der Waals surface area contributed by atoms with Crippen molar-refractivity contribution in [3.05, 3.63) is 10.6 Å². The summed E-state index contributed by atoms with van der Waals surface area (Å²) >= 11 is 1.63. The second-order valence-electron chi connectivity index (χ2n) is 4.30. The predicted molar refractivity (Wildman–Crippen MR) is 68.0 cm³/mol. The third kappa shape index (κ3) is 2.52. The number of fused-ring (bicyclic) bond motifs is 1. The average molecular weight is 238 g/mol. The quantitative estimate of drug-likeness (QED) is 0.624. The highest BCUT2D eigenvalue weighted by molar-refractivity contribution is 7.15. The zero-order valence-corrected chi connectivity index (χ0v) is 10.4. The van der Waals surface area contributed by atoms with Crippen molar-refractivity contribution in [2.45, 2.75) is 39.0 Å². The molecule has 4 nitrogen and oxygen atoms in total. The van der Waals surface area contributed by atoms with E-state index in [1.165, 1.54) is 29.8 Å². The predicted octanol–water partition coefficient (Wildman–Crippen LogP) is 1.95. The normalized spacial score (nSPS) is 19.2. The number of guanidine groups is 1. The largest absolute Gasteiger partial charge is 0.370 e. The van der Waals surface area contributed by atoms with Crippen molar-refractivity contribution < 1.29 is 0 Å². The molecule has 0 bridgehead atoms. The lowest BCUT2D eigenvalue weighted by Crippen LogP contribution is -2.21. The highest BCUT2D eigenvalue weighted by Gasteiger charge is 2.21. The second kappa shape index (κ2) is 4.82. The zero-order valence-electron chi connectivity index (χ0n) is 9.57. The van der Waals surface area contributed by atoms with E-state index < -0.39 is 0 Å². The van der Waals surface area contributed by atoms with Crippen LogP contribution in [0.4, 0.5) is 5.13 Å². The second-order valence-corrected chi connectivity index (χ2v) is 5.36.